The molecule has 3 nitrogen and oxygen atoms in total. The highest BCUT2D eigenvalue weighted by atomic mass is 19.4. The lowest BCUT2D eigenvalue weighted by atomic mass is 9.94. The average molecular weight is 607 g/mol. The molecule has 1 N–H and O–H groups in total. The van der Waals surface area contributed by atoms with E-state index in [1.807, 2.05) is 5.32 Å². The van der Waals surface area contributed by atoms with Gasteiger partial charge in [-0.15, -0.1) is 0 Å². The van der Waals surface area contributed by atoms with Crippen LogP contribution in [0, 0.1) is 17.5 Å². The third-order valence-corrected chi connectivity index (χ3v) is 5.44. The normalized spacial score (nSPS) is 13.4. The minimum atomic E-state index is -5.28. The van der Waals surface area contributed by atoms with Crippen LogP contribution < -0.4 is 5.32 Å². The Hall–Kier alpha value is -3.82. The summed E-state index contributed by atoms with van der Waals surface area (Å²) in [7, 11) is 0. The summed E-state index contributed by atoms with van der Waals surface area (Å²) in [6, 6.07) is 2.13. The van der Waals surface area contributed by atoms with Crippen LogP contribution in [0.15, 0.2) is 54.6 Å². The summed E-state index contributed by atoms with van der Waals surface area (Å²) in [6.45, 7) is -1.35. The van der Waals surface area contributed by atoms with Gasteiger partial charge in [0.2, 0.25) is 0 Å². The molecule has 41 heavy (non-hydrogen) atoms. The summed E-state index contributed by atoms with van der Waals surface area (Å²) in [6.07, 6.45) is -19.8. The predicted octanol–water partition coefficient (Wildman–Crippen LogP) is 8.04. The number of amides is 1. The number of nitrogens with one attached hydrogen (secondary N) is 1. The van der Waals surface area contributed by atoms with Gasteiger partial charge in [0.25, 0.3) is 5.91 Å². The van der Waals surface area contributed by atoms with Crippen LogP contribution in [-0.2, 0) is 23.7 Å². The molecule has 0 aliphatic carbocycles. The second-order valence-electron chi connectivity index (χ2n) is 8.38. The molecule has 3 rings (SSSR count). The van der Waals surface area contributed by atoms with Crippen LogP contribution in [0.5, 0.6) is 0 Å². The van der Waals surface area contributed by atoms with E-state index in [1.54, 1.807) is 0 Å². The van der Waals surface area contributed by atoms with E-state index in [0.29, 0.717) is 30.3 Å². The number of alkyl halides is 10. The zero-order valence-electron chi connectivity index (χ0n) is 19.8. The highest BCUT2D eigenvalue weighted by Gasteiger charge is 2.42. The molecular formula is C25H14F13NO2. The molecule has 0 unspecified atom stereocenters. The van der Waals surface area contributed by atoms with Crippen molar-refractivity contribution >= 4 is 5.91 Å². The molecule has 0 aromatic heterocycles. The predicted molar refractivity (Wildman–Crippen MR) is 114 cm³/mol. The Balaban J connectivity index is 2.11. The Morgan fingerprint density at radius 2 is 1.29 bits per heavy atom. The van der Waals surface area contributed by atoms with Gasteiger partial charge in [-0.25, -0.2) is 22.0 Å². The fourth-order valence-electron chi connectivity index (χ4n) is 3.56. The molecule has 0 spiro atoms. The monoisotopic (exact) mass is 607 g/mol. The molecule has 1 atom stereocenters. The molecule has 0 aliphatic heterocycles. The van der Waals surface area contributed by atoms with E-state index in [4.69, 9.17) is 0 Å². The molecule has 0 bridgehead atoms. The van der Waals surface area contributed by atoms with Crippen LogP contribution in [0.2, 0.25) is 0 Å². The summed E-state index contributed by atoms with van der Waals surface area (Å²) in [5.74, 6) is -6.25. The maximum Gasteiger partial charge on any atom is 0.419 e. The minimum Gasteiger partial charge on any atom is -0.341 e. The Kier molecular flexibility index (Phi) is 8.96. The zero-order valence-corrected chi connectivity index (χ0v) is 19.8. The lowest BCUT2D eigenvalue weighted by Gasteiger charge is -2.23. The standard InChI is InChI=1S/C25H14F13NO2/c26-15-6-11(10-41-25(37,38)22(29)30)5-14(7-15)20(12-1-3-18(27)16(8-12)23(31,32)33)39-21(40)13-2-4-19(28)17(9-13)24(34,35)36/h1-9,20,22H,10H2,(H,39,40)/t20-/m1/s1. The molecule has 0 aliphatic rings. The van der Waals surface area contributed by atoms with Gasteiger partial charge in [-0.2, -0.15) is 35.1 Å². The van der Waals surface area contributed by atoms with E-state index in [9.17, 15) is 61.9 Å². The Labute approximate surface area is 221 Å². The lowest BCUT2D eigenvalue weighted by Crippen LogP contribution is -2.31. The van der Waals surface area contributed by atoms with Crippen LogP contribution in [0.3, 0.4) is 0 Å². The SMILES string of the molecule is O=C(N[C@@H](c1cc(F)cc(COC(F)(F)C(F)F)c1)c1ccc(F)c(C(F)(F)F)c1)c1ccc(F)c(C(F)(F)F)c1. The van der Waals surface area contributed by atoms with Gasteiger partial charge in [-0.3, -0.25) is 4.79 Å². The molecule has 16 heteroatoms. The number of ether oxygens (including phenoxy) is 1. The second-order valence-corrected chi connectivity index (χ2v) is 8.38. The van der Waals surface area contributed by atoms with Crippen molar-refractivity contribution < 1.29 is 66.6 Å². The molecule has 0 saturated carbocycles. The second kappa shape index (κ2) is 11.6. The lowest BCUT2D eigenvalue weighted by molar-refractivity contribution is -0.305. The van der Waals surface area contributed by atoms with Crippen molar-refractivity contribution in [1.82, 2.24) is 5.32 Å². The summed E-state index contributed by atoms with van der Waals surface area (Å²) in [4.78, 5) is 12.8. The molecule has 222 valence electrons. The molecule has 0 saturated heterocycles. The number of halogens is 13. The largest absolute Gasteiger partial charge is 0.419 e. The molecular weight excluding hydrogens is 593 g/mol. The van der Waals surface area contributed by atoms with Gasteiger partial charge >= 0.3 is 24.9 Å². The fraction of sp³-hybridized carbons (Fsp3) is 0.240. The highest BCUT2D eigenvalue weighted by molar-refractivity contribution is 5.95. The van der Waals surface area contributed by atoms with Crippen LogP contribution in [-0.4, -0.2) is 18.4 Å². The maximum atomic E-state index is 14.4. The number of benzene rings is 3. The van der Waals surface area contributed by atoms with E-state index >= 15 is 0 Å². The van der Waals surface area contributed by atoms with Gasteiger partial charge in [0.15, 0.2) is 0 Å². The van der Waals surface area contributed by atoms with Crippen molar-refractivity contribution in [3.63, 3.8) is 0 Å². The Morgan fingerprint density at radius 1 is 0.732 bits per heavy atom. The van der Waals surface area contributed by atoms with Gasteiger partial charge in [0.05, 0.1) is 23.8 Å². The van der Waals surface area contributed by atoms with E-state index in [1.165, 1.54) is 0 Å². The van der Waals surface area contributed by atoms with E-state index in [2.05, 4.69) is 4.74 Å². The fourth-order valence-corrected chi connectivity index (χ4v) is 3.56. The van der Waals surface area contributed by atoms with Crippen LogP contribution in [0.25, 0.3) is 0 Å². The summed E-state index contributed by atoms with van der Waals surface area (Å²) >= 11 is 0. The van der Waals surface area contributed by atoms with Crippen molar-refractivity contribution in [2.24, 2.45) is 0 Å². The van der Waals surface area contributed by atoms with Gasteiger partial charge in [-0.1, -0.05) is 12.1 Å². The van der Waals surface area contributed by atoms with Gasteiger partial charge in [0, 0.05) is 5.56 Å². The van der Waals surface area contributed by atoms with Crippen molar-refractivity contribution in [1.29, 1.82) is 0 Å². The van der Waals surface area contributed by atoms with Crippen LogP contribution in [0.4, 0.5) is 57.1 Å². The Morgan fingerprint density at radius 3 is 1.85 bits per heavy atom. The summed E-state index contributed by atoms with van der Waals surface area (Å²) in [5.41, 5.74) is -6.28. The van der Waals surface area contributed by atoms with E-state index in [-0.39, 0.29) is 18.2 Å². The molecule has 3 aromatic carbocycles. The van der Waals surface area contributed by atoms with E-state index < -0.39 is 94.3 Å². The number of hydrogen-bond donors (Lipinski definition) is 1. The minimum absolute atomic E-state index is 0.0881. The quantitative estimate of drug-likeness (QED) is 0.264. The maximum absolute atomic E-state index is 14.4. The first-order valence-corrected chi connectivity index (χ1v) is 10.9. The molecule has 3 aromatic rings. The van der Waals surface area contributed by atoms with E-state index in [0.717, 1.165) is 6.07 Å². The third-order valence-electron chi connectivity index (χ3n) is 5.44. The average Bonchev–Trinajstić information content (AvgIpc) is 2.85. The van der Waals surface area contributed by atoms with Gasteiger partial charge in [-0.05, 0) is 59.2 Å². The van der Waals surface area contributed by atoms with Crippen molar-refractivity contribution in [2.75, 3.05) is 0 Å². The molecule has 1 amide bonds. The van der Waals surface area contributed by atoms with Crippen LogP contribution in [0.1, 0.15) is 44.2 Å². The van der Waals surface area contributed by atoms with Crippen molar-refractivity contribution in [2.45, 2.75) is 37.5 Å². The summed E-state index contributed by atoms with van der Waals surface area (Å²) < 4.78 is 176. The number of carbonyl (C=O) groups excluding carboxylic acids is 1. The Bertz CT molecular complexity index is 1420. The smallest absolute Gasteiger partial charge is 0.341 e. The highest BCUT2D eigenvalue weighted by Crippen LogP contribution is 2.36. The molecule has 0 heterocycles. The first-order chi connectivity index (χ1) is 18.8. The topological polar surface area (TPSA) is 38.3 Å². The van der Waals surface area contributed by atoms with Crippen molar-refractivity contribution in [3.8, 4) is 0 Å². The zero-order chi connectivity index (χ0) is 30.9. The number of carbonyl (C=O) groups is 1. The van der Waals surface area contributed by atoms with Gasteiger partial charge < -0.3 is 10.1 Å². The van der Waals surface area contributed by atoms with Crippen molar-refractivity contribution in [3.05, 3.63) is 105 Å². The van der Waals surface area contributed by atoms with Gasteiger partial charge in [0.1, 0.15) is 17.5 Å². The first-order valence-electron chi connectivity index (χ1n) is 10.9. The molecule has 0 fully saturated rings. The number of hydrogen-bond acceptors (Lipinski definition) is 2. The van der Waals surface area contributed by atoms with Crippen LogP contribution >= 0.6 is 0 Å². The summed E-state index contributed by atoms with van der Waals surface area (Å²) in [5, 5.41) is 2.01. The number of rotatable bonds is 8. The third kappa shape index (κ3) is 7.68. The molecule has 0 radical (unpaired) electrons. The first kappa shape index (κ1) is 31.7.